The summed E-state index contributed by atoms with van der Waals surface area (Å²) in [5.41, 5.74) is -0.945. The minimum absolute atomic E-state index is 0.0440. The fourth-order valence-corrected chi connectivity index (χ4v) is 2.82. The quantitative estimate of drug-likeness (QED) is 0.869. The average molecular weight is 368 g/mol. The Labute approximate surface area is 148 Å². The lowest BCUT2D eigenvalue weighted by molar-refractivity contribution is -0.141. The van der Waals surface area contributed by atoms with Crippen LogP contribution in [0.3, 0.4) is 0 Å². The molecule has 2 aromatic heterocycles. The van der Waals surface area contributed by atoms with Crippen molar-refractivity contribution < 1.29 is 17.9 Å². The van der Waals surface area contributed by atoms with Crippen molar-refractivity contribution in [2.24, 2.45) is 0 Å². The van der Waals surface area contributed by atoms with Gasteiger partial charge in [-0.15, -0.1) is 0 Å². The predicted molar refractivity (Wildman–Crippen MR) is 88.6 cm³/mol. The van der Waals surface area contributed by atoms with E-state index in [1.807, 2.05) is 6.07 Å². The zero-order valence-electron chi connectivity index (χ0n) is 14.2. The maximum Gasteiger partial charge on any atom is 0.433 e. The van der Waals surface area contributed by atoms with Crippen LogP contribution in [0.4, 0.5) is 24.8 Å². The number of ether oxygens (including phenoxy) is 1. The number of nitrogens with one attached hydrogen (secondary N) is 1. The Bertz CT molecular complexity index is 734. The molecule has 1 aliphatic heterocycles. The second kappa shape index (κ2) is 7.81. The van der Waals surface area contributed by atoms with Crippen molar-refractivity contribution >= 4 is 11.6 Å². The molecule has 0 radical (unpaired) electrons. The number of hydrogen-bond acceptors (Lipinski definition) is 7. The van der Waals surface area contributed by atoms with E-state index in [0.29, 0.717) is 12.4 Å². The average Bonchev–Trinajstić information content (AvgIpc) is 2.62. The molecule has 0 unspecified atom stereocenters. The van der Waals surface area contributed by atoms with Crippen molar-refractivity contribution in [1.29, 1.82) is 0 Å². The minimum atomic E-state index is -4.48. The molecule has 0 atom stereocenters. The zero-order valence-corrected chi connectivity index (χ0v) is 14.2. The van der Waals surface area contributed by atoms with Gasteiger partial charge in [-0.3, -0.25) is 0 Å². The number of aromatic nitrogens is 4. The fraction of sp³-hybridized carbons (Fsp3) is 0.500. The van der Waals surface area contributed by atoms with Crippen LogP contribution in [-0.2, 0) is 17.5 Å². The van der Waals surface area contributed by atoms with E-state index in [4.69, 9.17) is 4.74 Å². The first-order valence-corrected chi connectivity index (χ1v) is 8.17. The molecule has 1 aliphatic rings. The van der Waals surface area contributed by atoms with Gasteiger partial charge in [0, 0.05) is 38.5 Å². The molecule has 0 spiro atoms. The van der Waals surface area contributed by atoms with Gasteiger partial charge in [0.05, 0.1) is 0 Å². The Morgan fingerprint density at radius 3 is 2.69 bits per heavy atom. The summed E-state index contributed by atoms with van der Waals surface area (Å²) in [6, 6.07) is 2.82. The number of alkyl halides is 3. The van der Waals surface area contributed by atoms with Crippen LogP contribution in [-0.4, -0.2) is 46.2 Å². The zero-order chi connectivity index (χ0) is 18.6. The highest BCUT2D eigenvalue weighted by molar-refractivity contribution is 5.40. The third kappa shape index (κ3) is 4.57. The van der Waals surface area contributed by atoms with E-state index in [2.05, 4.69) is 30.2 Å². The van der Waals surface area contributed by atoms with Crippen LogP contribution in [0.15, 0.2) is 24.7 Å². The second-order valence-electron chi connectivity index (χ2n) is 5.96. The Balaban J connectivity index is 1.58. The van der Waals surface area contributed by atoms with Crippen LogP contribution in [0.5, 0.6) is 0 Å². The van der Waals surface area contributed by atoms with Gasteiger partial charge in [-0.25, -0.2) is 19.9 Å². The summed E-state index contributed by atoms with van der Waals surface area (Å²) in [5, 5.41) is 3.07. The van der Waals surface area contributed by atoms with Crippen molar-refractivity contribution in [2.75, 3.05) is 30.4 Å². The van der Waals surface area contributed by atoms with E-state index < -0.39 is 11.9 Å². The monoisotopic (exact) mass is 368 g/mol. The largest absolute Gasteiger partial charge is 0.433 e. The highest BCUT2D eigenvalue weighted by Gasteiger charge is 2.33. The number of anilines is 2. The molecule has 2 aromatic rings. The molecule has 1 N–H and O–H groups in total. The van der Waals surface area contributed by atoms with Crippen molar-refractivity contribution in [3.8, 4) is 0 Å². The number of methoxy groups -OCH3 is 1. The van der Waals surface area contributed by atoms with Crippen molar-refractivity contribution in [3.63, 3.8) is 0 Å². The first kappa shape index (κ1) is 18.3. The molecule has 0 aromatic carbocycles. The summed E-state index contributed by atoms with van der Waals surface area (Å²) >= 11 is 0. The molecule has 0 saturated carbocycles. The number of hydrogen-bond donors (Lipinski definition) is 1. The summed E-state index contributed by atoms with van der Waals surface area (Å²) in [7, 11) is 1.59. The van der Waals surface area contributed by atoms with Gasteiger partial charge in [0.25, 0.3) is 0 Å². The highest BCUT2D eigenvalue weighted by atomic mass is 19.4. The van der Waals surface area contributed by atoms with E-state index >= 15 is 0 Å². The first-order valence-electron chi connectivity index (χ1n) is 8.17. The molecule has 0 aliphatic carbocycles. The van der Waals surface area contributed by atoms with Crippen molar-refractivity contribution in [2.45, 2.75) is 31.7 Å². The Hall–Kier alpha value is -2.49. The highest BCUT2D eigenvalue weighted by Crippen LogP contribution is 2.28. The molecule has 10 heteroatoms. The predicted octanol–water partition coefficient (Wildman–Crippen LogP) is 2.51. The summed E-state index contributed by atoms with van der Waals surface area (Å²) in [4.78, 5) is 17.9. The van der Waals surface area contributed by atoms with E-state index in [-0.39, 0.29) is 11.9 Å². The standard InChI is InChI=1S/C16H19F3N6O/c1-26-9-14-20-5-2-15(24-14)25-6-3-11(4-7-25)23-13-8-12(16(17,18)19)21-10-22-13/h2,5,8,10-11H,3-4,6-7,9H2,1H3,(H,21,22,23). The van der Waals surface area contributed by atoms with Gasteiger partial charge in [0.1, 0.15) is 30.3 Å². The molecule has 0 bridgehead atoms. The van der Waals surface area contributed by atoms with Crippen LogP contribution >= 0.6 is 0 Å². The minimum Gasteiger partial charge on any atom is -0.377 e. The van der Waals surface area contributed by atoms with Crippen LogP contribution in [0.2, 0.25) is 0 Å². The van der Waals surface area contributed by atoms with Crippen LogP contribution < -0.4 is 10.2 Å². The van der Waals surface area contributed by atoms with Crippen LogP contribution in [0.25, 0.3) is 0 Å². The van der Waals surface area contributed by atoms with Crippen molar-refractivity contribution in [1.82, 2.24) is 19.9 Å². The molecule has 140 valence electrons. The van der Waals surface area contributed by atoms with E-state index in [0.717, 1.165) is 44.1 Å². The Kier molecular flexibility index (Phi) is 5.50. The number of halogens is 3. The molecular weight excluding hydrogens is 349 g/mol. The Morgan fingerprint density at radius 1 is 1.23 bits per heavy atom. The first-order chi connectivity index (χ1) is 12.5. The fourth-order valence-electron chi connectivity index (χ4n) is 2.82. The van der Waals surface area contributed by atoms with Gasteiger partial charge in [-0.05, 0) is 18.9 Å². The lowest BCUT2D eigenvalue weighted by Crippen LogP contribution is -2.39. The molecule has 1 fully saturated rings. The summed E-state index contributed by atoms with van der Waals surface area (Å²) in [6.07, 6.45) is -0.335. The SMILES string of the molecule is COCc1nccc(N2CCC(Nc3cc(C(F)(F)F)ncn3)CC2)n1. The van der Waals surface area contributed by atoms with Crippen molar-refractivity contribution in [3.05, 3.63) is 36.2 Å². The second-order valence-corrected chi connectivity index (χ2v) is 5.96. The van der Waals surface area contributed by atoms with Gasteiger partial charge in [-0.2, -0.15) is 13.2 Å². The molecule has 3 rings (SSSR count). The number of piperidine rings is 1. The lowest BCUT2D eigenvalue weighted by atomic mass is 10.1. The van der Waals surface area contributed by atoms with Gasteiger partial charge in [0.15, 0.2) is 5.82 Å². The van der Waals surface area contributed by atoms with Gasteiger partial charge < -0.3 is 15.0 Å². The van der Waals surface area contributed by atoms with Gasteiger partial charge in [0.2, 0.25) is 0 Å². The number of nitrogens with zero attached hydrogens (tertiary/aromatic N) is 5. The molecule has 0 amide bonds. The molecule has 7 nitrogen and oxygen atoms in total. The summed E-state index contributed by atoms with van der Waals surface area (Å²) in [6.45, 7) is 1.82. The number of rotatable bonds is 5. The topological polar surface area (TPSA) is 76.1 Å². The van der Waals surface area contributed by atoms with E-state index in [1.165, 1.54) is 0 Å². The smallest absolute Gasteiger partial charge is 0.377 e. The van der Waals surface area contributed by atoms with Crippen LogP contribution in [0, 0.1) is 0 Å². The van der Waals surface area contributed by atoms with E-state index in [1.54, 1.807) is 13.3 Å². The maximum absolute atomic E-state index is 12.7. The third-order valence-corrected chi connectivity index (χ3v) is 4.09. The molecule has 26 heavy (non-hydrogen) atoms. The maximum atomic E-state index is 12.7. The molecule has 1 saturated heterocycles. The summed E-state index contributed by atoms with van der Waals surface area (Å²) < 4.78 is 43.2. The molecular formula is C16H19F3N6O. The lowest BCUT2D eigenvalue weighted by Gasteiger charge is -2.33. The summed E-state index contributed by atoms with van der Waals surface area (Å²) in [5.74, 6) is 1.63. The van der Waals surface area contributed by atoms with E-state index in [9.17, 15) is 13.2 Å². The Morgan fingerprint density at radius 2 is 2.00 bits per heavy atom. The van der Waals surface area contributed by atoms with Gasteiger partial charge >= 0.3 is 6.18 Å². The van der Waals surface area contributed by atoms with Gasteiger partial charge in [-0.1, -0.05) is 0 Å². The normalized spacial score (nSPS) is 15.9. The van der Waals surface area contributed by atoms with Crippen LogP contribution in [0.1, 0.15) is 24.4 Å². The molecule has 3 heterocycles. The third-order valence-electron chi connectivity index (χ3n) is 4.09.